The van der Waals surface area contributed by atoms with E-state index in [0.29, 0.717) is 0 Å². The molecule has 0 saturated heterocycles. The fourth-order valence-electron chi connectivity index (χ4n) is 1.48. The van der Waals surface area contributed by atoms with Gasteiger partial charge in [0, 0.05) is 0 Å². The molecule has 1 atom stereocenters. The molecule has 2 N–H and O–H groups in total. The highest BCUT2D eigenvalue weighted by atomic mass is 35.5. The van der Waals surface area contributed by atoms with Crippen molar-refractivity contribution >= 4 is 12.4 Å². The Labute approximate surface area is 84.9 Å². The third-order valence-corrected chi connectivity index (χ3v) is 2.41. The molecule has 2 rings (SSSR count). The minimum Gasteiger partial charge on any atom is -0.465 e. The van der Waals surface area contributed by atoms with Crippen LogP contribution < -0.4 is 5.73 Å². The Balaban J connectivity index is 0.000000845. The van der Waals surface area contributed by atoms with Crippen LogP contribution in [0.2, 0.25) is 0 Å². The van der Waals surface area contributed by atoms with Crippen LogP contribution >= 0.6 is 12.4 Å². The summed E-state index contributed by atoms with van der Waals surface area (Å²) in [7, 11) is 0. The van der Waals surface area contributed by atoms with Gasteiger partial charge in [-0.15, -0.1) is 12.4 Å². The van der Waals surface area contributed by atoms with Crippen LogP contribution in [0.15, 0.2) is 16.5 Å². The summed E-state index contributed by atoms with van der Waals surface area (Å²) in [5.74, 6) is 2.76. The number of rotatable bonds is 3. The van der Waals surface area contributed by atoms with Gasteiger partial charge < -0.3 is 10.2 Å². The summed E-state index contributed by atoms with van der Waals surface area (Å²) in [6.07, 6.45) is 3.80. The van der Waals surface area contributed by atoms with Crippen LogP contribution in [0.4, 0.5) is 0 Å². The molecule has 1 aromatic heterocycles. The predicted octanol–water partition coefficient (Wildman–Crippen LogP) is 2.81. The van der Waals surface area contributed by atoms with E-state index >= 15 is 0 Å². The van der Waals surface area contributed by atoms with Gasteiger partial charge in [-0.3, -0.25) is 0 Å². The minimum absolute atomic E-state index is 0. The Kier molecular flexibility index (Phi) is 3.40. The summed E-state index contributed by atoms with van der Waals surface area (Å²) >= 11 is 0. The maximum atomic E-state index is 5.96. The standard InChI is InChI=1S/C10H15NO.ClH/c1-7-2-5-10(12-7)9(11)6-8-3-4-8;/h2,5,8-9H,3-4,6,11H2,1H3;1H/t9-;/m1./s1. The topological polar surface area (TPSA) is 39.2 Å². The van der Waals surface area contributed by atoms with Crippen LogP contribution in [0.1, 0.15) is 36.8 Å². The first kappa shape index (κ1) is 10.6. The van der Waals surface area contributed by atoms with Gasteiger partial charge in [-0.25, -0.2) is 0 Å². The van der Waals surface area contributed by atoms with Crippen LogP contribution in [0.25, 0.3) is 0 Å². The van der Waals surface area contributed by atoms with Gasteiger partial charge in [-0.05, 0) is 31.4 Å². The second kappa shape index (κ2) is 4.16. The van der Waals surface area contributed by atoms with Gasteiger partial charge in [0.15, 0.2) is 0 Å². The largest absolute Gasteiger partial charge is 0.465 e. The van der Waals surface area contributed by atoms with Crippen molar-refractivity contribution in [2.24, 2.45) is 11.7 Å². The Bertz CT molecular complexity index is 268. The summed E-state index contributed by atoms with van der Waals surface area (Å²) < 4.78 is 5.45. The van der Waals surface area contributed by atoms with Crippen LogP contribution in [0.5, 0.6) is 0 Å². The molecule has 1 aliphatic rings. The van der Waals surface area contributed by atoms with E-state index in [0.717, 1.165) is 23.9 Å². The number of hydrogen-bond donors (Lipinski definition) is 1. The molecule has 74 valence electrons. The van der Waals surface area contributed by atoms with E-state index in [9.17, 15) is 0 Å². The molecule has 0 spiro atoms. The number of nitrogens with two attached hydrogens (primary N) is 1. The zero-order valence-electron chi connectivity index (χ0n) is 7.82. The molecular weight excluding hydrogens is 186 g/mol. The van der Waals surface area contributed by atoms with Crippen molar-refractivity contribution in [3.05, 3.63) is 23.7 Å². The van der Waals surface area contributed by atoms with Crippen LogP contribution in [0.3, 0.4) is 0 Å². The average molecular weight is 202 g/mol. The minimum atomic E-state index is 0. The van der Waals surface area contributed by atoms with Crippen LogP contribution in [0, 0.1) is 12.8 Å². The molecular formula is C10H16ClNO. The molecule has 0 radical (unpaired) electrons. The van der Waals surface area contributed by atoms with E-state index in [1.165, 1.54) is 12.8 Å². The lowest BCUT2D eigenvalue weighted by Gasteiger charge is -2.06. The maximum absolute atomic E-state index is 5.96. The lowest BCUT2D eigenvalue weighted by atomic mass is 10.1. The van der Waals surface area contributed by atoms with Crippen molar-refractivity contribution in [2.75, 3.05) is 0 Å². The summed E-state index contributed by atoms with van der Waals surface area (Å²) in [5, 5.41) is 0. The maximum Gasteiger partial charge on any atom is 0.120 e. The van der Waals surface area contributed by atoms with E-state index in [4.69, 9.17) is 10.2 Å². The Hall–Kier alpha value is -0.470. The second-order valence-electron chi connectivity index (χ2n) is 3.73. The van der Waals surface area contributed by atoms with E-state index in [-0.39, 0.29) is 18.4 Å². The molecule has 0 aliphatic heterocycles. The van der Waals surface area contributed by atoms with Crippen molar-refractivity contribution in [1.82, 2.24) is 0 Å². The molecule has 0 amide bonds. The SMILES string of the molecule is Cc1ccc([C@H](N)CC2CC2)o1.Cl. The van der Waals surface area contributed by atoms with Crippen molar-refractivity contribution in [3.8, 4) is 0 Å². The molecule has 0 unspecified atom stereocenters. The summed E-state index contributed by atoms with van der Waals surface area (Å²) in [4.78, 5) is 0. The van der Waals surface area contributed by atoms with Gasteiger partial charge in [0.25, 0.3) is 0 Å². The highest BCUT2D eigenvalue weighted by Crippen LogP contribution is 2.36. The lowest BCUT2D eigenvalue weighted by molar-refractivity contribution is 0.425. The average Bonchev–Trinajstić information content (AvgIpc) is 2.72. The zero-order valence-corrected chi connectivity index (χ0v) is 8.64. The first-order valence-electron chi connectivity index (χ1n) is 4.57. The monoisotopic (exact) mass is 201 g/mol. The Morgan fingerprint density at radius 3 is 2.69 bits per heavy atom. The molecule has 0 aromatic carbocycles. The zero-order chi connectivity index (χ0) is 8.55. The fraction of sp³-hybridized carbons (Fsp3) is 0.600. The molecule has 1 aliphatic carbocycles. The lowest BCUT2D eigenvalue weighted by Crippen LogP contribution is -2.09. The van der Waals surface area contributed by atoms with Crippen LogP contribution in [-0.2, 0) is 0 Å². The Morgan fingerprint density at radius 1 is 1.54 bits per heavy atom. The third kappa shape index (κ3) is 2.75. The first-order chi connectivity index (χ1) is 5.75. The Morgan fingerprint density at radius 2 is 2.23 bits per heavy atom. The number of halogens is 1. The van der Waals surface area contributed by atoms with Crippen molar-refractivity contribution in [3.63, 3.8) is 0 Å². The molecule has 2 nitrogen and oxygen atoms in total. The highest BCUT2D eigenvalue weighted by Gasteiger charge is 2.25. The van der Waals surface area contributed by atoms with Crippen molar-refractivity contribution < 1.29 is 4.42 Å². The van der Waals surface area contributed by atoms with E-state index in [1.807, 2.05) is 19.1 Å². The molecule has 1 fully saturated rings. The number of furan rings is 1. The number of hydrogen-bond acceptors (Lipinski definition) is 2. The molecule has 1 heterocycles. The molecule has 0 bridgehead atoms. The first-order valence-corrected chi connectivity index (χ1v) is 4.57. The van der Waals surface area contributed by atoms with Gasteiger partial charge in [-0.2, -0.15) is 0 Å². The molecule has 13 heavy (non-hydrogen) atoms. The second-order valence-corrected chi connectivity index (χ2v) is 3.73. The molecule has 1 saturated carbocycles. The van der Waals surface area contributed by atoms with Crippen molar-refractivity contribution in [2.45, 2.75) is 32.2 Å². The molecule has 3 heteroatoms. The third-order valence-electron chi connectivity index (χ3n) is 2.41. The van der Waals surface area contributed by atoms with E-state index < -0.39 is 0 Å². The van der Waals surface area contributed by atoms with Crippen molar-refractivity contribution in [1.29, 1.82) is 0 Å². The fourth-order valence-corrected chi connectivity index (χ4v) is 1.48. The van der Waals surface area contributed by atoms with Gasteiger partial charge in [0.2, 0.25) is 0 Å². The summed E-state index contributed by atoms with van der Waals surface area (Å²) in [6, 6.07) is 4.08. The number of aryl methyl sites for hydroxylation is 1. The smallest absolute Gasteiger partial charge is 0.120 e. The molecule has 1 aromatic rings. The van der Waals surface area contributed by atoms with E-state index in [1.54, 1.807) is 0 Å². The highest BCUT2D eigenvalue weighted by molar-refractivity contribution is 5.85. The quantitative estimate of drug-likeness (QED) is 0.817. The normalized spacial score (nSPS) is 18.0. The van der Waals surface area contributed by atoms with Gasteiger partial charge >= 0.3 is 0 Å². The van der Waals surface area contributed by atoms with Gasteiger partial charge in [-0.1, -0.05) is 12.8 Å². The summed E-state index contributed by atoms with van der Waals surface area (Å²) in [5.41, 5.74) is 5.96. The van der Waals surface area contributed by atoms with Gasteiger partial charge in [0.05, 0.1) is 6.04 Å². The van der Waals surface area contributed by atoms with E-state index in [2.05, 4.69) is 0 Å². The van der Waals surface area contributed by atoms with Gasteiger partial charge in [0.1, 0.15) is 11.5 Å². The summed E-state index contributed by atoms with van der Waals surface area (Å²) in [6.45, 7) is 1.95. The van der Waals surface area contributed by atoms with Crippen LogP contribution in [-0.4, -0.2) is 0 Å². The predicted molar refractivity (Wildman–Crippen MR) is 55.0 cm³/mol.